The van der Waals surface area contributed by atoms with Crippen molar-refractivity contribution in [1.82, 2.24) is 14.9 Å². The summed E-state index contributed by atoms with van der Waals surface area (Å²) in [6.45, 7) is 5.76. The minimum Gasteiger partial charge on any atom is -0.346 e. The third-order valence-electron chi connectivity index (χ3n) is 3.47. The van der Waals surface area contributed by atoms with Crippen molar-refractivity contribution in [1.29, 1.82) is 0 Å². The lowest BCUT2D eigenvalue weighted by molar-refractivity contribution is -0.134. The molecule has 4 nitrogen and oxygen atoms in total. The van der Waals surface area contributed by atoms with Gasteiger partial charge in [0, 0.05) is 38.1 Å². The molecule has 0 aromatic carbocycles. The fraction of sp³-hybridized carbons (Fsp3) is 0.538. The maximum atomic E-state index is 12.6. The summed E-state index contributed by atoms with van der Waals surface area (Å²) in [5.41, 5.74) is 1.06. The molecular formula is C13H15F3N4S2. The van der Waals surface area contributed by atoms with E-state index in [-0.39, 0.29) is 0 Å². The molecule has 0 spiro atoms. The molecule has 0 atom stereocenters. The van der Waals surface area contributed by atoms with Gasteiger partial charge in [-0.2, -0.15) is 13.2 Å². The van der Waals surface area contributed by atoms with Crippen molar-refractivity contribution in [2.24, 2.45) is 0 Å². The number of rotatable bonds is 3. The smallest absolute Gasteiger partial charge is 0.346 e. The highest BCUT2D eigenvalue weighted by molar-refractivity contribution is 7.15. The maximum absolute atomic E-state index is 12.6. The zero-order valence-electron chi connectivity index (χ0n) is 11.9. The molecule has 0 aliphatic carbocycles. The van der Waals surface area contributed by atoms with Crippen LogP contribution < -0.4 is 4.90 Å². The monoisotopic (exact) mass is 348 g/mol. The van der Waals surface area contributed by atoms with E-state index in [1.807, 2.05) is 11.8 Å². The number of anilines is 1. The van der Waals surface area contributed by atoms with Crippen LogP contribution in [0.5, 0.6) is 0 Å². The van der Waals surface area contributed by atoms with Gasteiger partial charge in [-0.05, 0) is 6.92 Å². The second kappa shape index (κ2) is 6.13. The second-order valence-corrected chi connectivity index (χ2v) is 7.20. The Morgan fingerprint density at radius 2 is 1.95 bits per heavy atom. The molecule has 1 saturated heterocycles. The minimum atomic E-state index is -4.31. The van der Waals surface area contributed by atoms with Crippen LogP contribution in [0, 0.1) is 6.92 Å². The summed E-state index contributed by atoms with van der Waals surface area (Å²) in [6.07, 6.45) is -3.38. The summed E-state index contributed by atoms with van der Waals surface area (Å²) in [5.74, 6) is 0. The minimum absolute atomic E-state index is 0.455. The first-order valence-electron chi connectivity index (χ1n) is 6.83. The number of aryl methyl sites for hydroxylation is 1. The Bertz CT molecular complexity index is 629. The first kappa shape index (κ1) is 15.7. The van der Waals surface area contributed by atoms with Crippen molar-refractivity contribution in [3.8, 4) is 0 Å². The van der Waals surface area contributed by atoms with Gasteiger partial charge in [0.1, 0.15) is 4.88 Å². The molecule has 0 N–H and O–H groups in total. The molecule has 0 bridgehead atoms. The van der Waals surface area contributed by atoms with E-state index in [1.165, 1.54) is 0 Å². The standard InChI is InChI=1S/C13H15F3N4S2/c1-9-18-10(8-21-9)7-19-2-4-20(5-3-19)12-17-6-11(22-12)13(14,15)16/h6,8H,2-5,7H2,1H3. The third-order valence-corrected chi connectivity index (χ3v) is 5.39. The van der Waals surface area contributed by atoms with E-state index in [4.69, 9.17) is 0 Å². The zero-order chi connectivity index (χ0) is 15.7. The zero-order valence-corrected chi connectivity index (χ0v) is 13.6. The van der Waals surface area contributed by atoms with Crippen LogP contribution >= 0.6 is 22.7 Å². The van der Waals surface area contributed by atoms with Gasteiger partial charge < -0.3 is 4.90 Å². The Kier molecular flexibility index (Phi) is 4.37. The largest absolute Gasteiger partial charge is 0.427 e. The average molecular weight is 348 g/mol. The molecule has 1 aliphatic rings. The van der Waals surface area contributed by atoms with Gasteiger partial charge in [0.05, 0.1) is 16.9 Å². The van der Waals surface area contributed by atoms with Gasteiger partial charge in [-0.15, -0.1) is 11.3 Å². The Hall–Kier alpha value is -1.19. The first-order chi connectivity index (χ1) is 10.4. The van der Waals surface area contributed by atoms with Crippen molar-refractivity contribution in [2.75, 3.05) is 31.1 Å². The number of piperazine rings is 1. The summed E-state index contributed by atoms with van der Waals surface area (Å²) >= 11 is 2.35. The third kappa shape index (κ3) is 3.58. The lowest BCUT2D eigenvalue weighted by Crippen LogP contribution is -2.46. The van der Waals surface area contributed by atoms with E-state index in [0.717, 1.165) is 36.5 Å². The molecule has 3 rings (SSSR count). The van der Waals surface area contributed by atoms with Crippen molar-refractivity contribution >= 4 is 27.8 Å². The van der Waals surface area contributed by atoms with Crippen LogP contribution in [0.15, 0.2) is 11.6 Å². The highest BCUT2D eigenvalue weighted by Crippen LogP contribution is 2.36. The topological polar surface area (TPSA) is 32.3 Å². The lowest BCUT2D eigenvalue weighted by Gasteiger charge is -2.34. The van der Waals surface area contributed by atoms with Crippen LogP contribution in [0.4, 0.5) is 18.3 Å². The Morgan fingerprint density at radius 3 is 2.50 bits per heavy atom. The molecule has 120 valence electrons. The summed E-state index contributed by atoms with van der Waals surface area (Å²) in [6, 6.07) is 0. The Balaban J connectivity index is 1.56. The van der Waals surface area contributed by atoms with Crippen LogP contribution in [0.2, 0.25) is 0 Å². The van der Waals surface area contributed by atoms with Gasteiger partial charge in [0.25, 0.3) is 0 Å². The molecule has 0 unspecified atom stereocenters. The summed E-state index contributed by atoms with van der Waals surface area (Å²) in [5, 5.41) is 3.56. The molecule has 2 aromatic heterocycles. The quantitative estimate of drug-likeness (QED) is 0.852. The van der Waals surface area contributed by atoms with E-state index in [1.54, 1.807) is 11.3 Å². The molecule has 0 amide bonds. The van der Waals surface area contributed by atoms with Gasteiger partial charge in [-0.25, -0.2) is 9.97 Å². The summed E-state index contributed by atoms with van der Waals surface area (Å²) < 4.78 is 37.8. The summed E-state index contributed by atoms with van der Waals surface area (Å²) in [4.78, 5) is 11.9. The Morgan fingerprint density at radius 1 is 1.23 bits per heavy atom. The molecule has 22 heavy (non-hydrogen) atoms. The van der Waals surface area contributed by atoms with Crippen molar-refractivity contribution in [3.05, 3.63) is 27.2 Å². The molecule has 3 heterocycles. The summed E-state index contributed by atoms with van der Waals surface area (Å²) in [7, 11) is 0. The average Bonchev–Trinajstić information content (AvgIpc) is 3.08. The highest BCUT2D eigenvalue weighted by Gasteiger charge is 2.34. The van der Waals surface area contributed by atoms with Crippen LogP contribution in [0.1, 0.15) is 15.6 Å². The first-order valence-corrected chi connectivity index (χ1v) is 8.53. The van der Waals surface area contributed by atoms with Crippen LogP contribution in [-0.2, 0) is 12.7 Å². The van der Waals surface area contributed by atoms with E-state index in [9.17, 15) is 13.2 Å². The van der Waals surface area contributed by atoms with Crippen LogP contribution in [0.25, 0.3) is 0 Å². The molecule has 9 heteroatoms. The normalized spacial score (nSPS) is 17.2. The van der Waals surface area contributed by atoms with Crippen LogP contribution in [-0.4, -0.2) is 41.0 Å². The van der Waals surface area contributed by atoms with Crippen LogP contribution in [0.3, 0.4) is 0 Å². The van der Waals surface area contributed by atoms with E-state index in [2.05, 4.69) is 20.2 Å². The van der Waals surface area contributed by atoms with Crippen molar-refractivity contribution in [3.63, 3.8) is 0 Å². The number of hydrogen-bond donors (Lipinski definition) is 0. The number of alkyl halides is 3. The van der Waals surface area contributed by atoms with Gasteiger partial charge in [-0.1, -0.05) is 11.3 Å². The SMILES string of the molecule is Cc1nc(CN2CCN(c3ncc(C(F)(F)F)s3)CC2)cs1. The number of nitrogens with zero attached hydrogens (tertiary/aromatic N) is 4. The fourth-order valence-electron chi connectivity index (χ4n) is 2.35. The number of aromatic nitrogens is 2. The van der Waals surface area contributed by atoms with Crippen molar-refractivity contribution < 1.29 is 13.2 Å². The Labute approximate surface area is 134 Å². The molecule has 0 radical (unpaired) electrons. The van der Waals surface area contributed by atoms with E-state index < -0.39 is 11.1 Å². The predicted octanol–water partition coefficient (Wildman–Crippen LogP) is 3.25. The molecular weight excluding hydrogens is 333 g/mol. The van der Waals surface area contributed by atoms with E-state index >= 15 is 0 Å². The number of hydrogen-bond acceptors (Lipinski definition) is 6. The van der Waals surface area contributed by atoms with Gasteiger partial charge >= 0.3 is 6.18 Å². The molecule has 1 aliphatic heterocycles. The number of thiazole rings is 2. The molecule has 0 saturated carbocycles. The fourth-order valence-corrected chi connectivity index (χ4v) is 3.79. The number of halogens is 3. The second-order valence-electron chi connectivity index (χ2n) is 5.13. The van der Waals surface area contributed by atoms with E-state index in [0.29, 0.717) is 29.6 Å². The molecule has 1 fully saturated rings. The molecule has 2 aromatic rings. The van der Waals surface area contributed by atoms with Gasteiger partial charge in [0.2, 0.25) is 0 Å². The van der Waals surface area contributed by atoms with Gasteiger partial charge in [-0.3, -0.25) is 4.90 Å². The highest BCUT2D eigenvalue weighted by atomic mass is 32.1. The predicted molar refractivity (Wildman–Crippen MR) is 81.5 cm³/mol. The van der Waals surface area contributed by atoms with Gasteiger partial charge in [0.15, 0.2) is 5.13 Å². The maximum Gasteiger partial charge on any atom is 0.427 e. The van der Waals surface area contributed by atoms with Crippen molar-refractivity contribution in [2.45, 2.75) is 19.6 Å². The lowest BCUT2D eigenvalue weighted by atomic mass is 10.3.